The first-order valence-electron chi connectivity index (χ1n) is 17.4. The van der Waals surface area contributed by atoms with Crippen LogP contribution < -0.4 is 4.90 Å². The van der Waals surface area contributed by atoms with Crippen LogP contribution in [0.25, 0.3) is 55.3 Å². The van der Waals surface area contributed by atoms with Gasteiger partial charge in [-0.2, -0.15) is 0 Å². The summed E-state index contributed by atoms with van der Waals surface area (Å²) in [5.41, 5.74) is 13.6. The third-order valence-electron chi connectivity index (χ3n) is 9.53. The van der Waals surface area contributed by atoms with Gasteiger partial charge in [-0.1, -0.05) is 158 Å². The molecule has 244 valence electrons. The molecule has 0 aliphatic rings. The van der Waals surface area contributed by atoms with Crippen LogP contribution in [0, 0.1) is 0 Å². The number of rotatable bonds is 9. The fraction of sp³-hybridized carbons (Fsp3) is 0.0204. The summed E-state index contributed by atoms with van der Waals surface area (Å²) in [6.45, 7) is 6.54. The minimum atomic E-state index is 0.963. The van der Waals surface area contributed by atoms with Gasteiger partial charge < -0.3 is 9.47 Å². The fourth-order valence-corrected chi connectivity index (χ4v) is 6.92. The Balaban J connectivity index is 1.18. The summed E-state index contributed by atoms with van der Waals surface area (Å²) >= 11 is 0. The topological polar surface area (TPSA) is 8.17 Å². The molecule has 0 unspecified atom stereocenters. The van der Waals surface area contributed by atoms with Gasteiger partial charge in [-0.25, -0.2) is 0 Å². The van der Waals surface area contributed by atoms with Crippen molar-refractivity contribution in [2.75, 3.05) is 4.90 Å². The molecule has 0 spiro atoms. The van der Waals surface area contributed by atoms with Crippen LogP contribution in [0.2, 0.25) is 0 Å². The molecule has 2 nitrogen and oxygen atoms in total. The van der Waals surface area contributed by atoms with E-state index < -0.39 is 0 Å². The number of benzene rings is 7. The van der Waals surface area contributed by atoms with Crippen LogP contribution in [0.1, 0.15) is 12.5 Å². The lowest BCUT2D eigenvalue weighted by Gasteiger charge is -2.26. The monoisotopic (exact) mass is 654 g/mol. The molecule has 1 aromatic heterocycles. The summed E-state index contributed by atoms with van der Waals surface area (Å²) in [4.78, 5) is 2.34. The molecule has 0 aliphatic carbocycles. The molecule has 2 heteroatoms. The number of aromatic nitrogens is 1. The maximum atomic E-state index is 4.44. The maximum absolute atomic E-state index is 4.44. The Morgan fingerprint density at radius 2 is 0.961 bits per heavy atom. The van der Waals surface area contributed by atoms with Crippen LogP contribution >= 0.6 is 0 Å². The van der Waals surface area contributed by atoms with Gasteiger partial charge in [-0.05, 0) is 88.9 Å². The first kappa shape index (κ1) is 31.6. The van der Waals surface area contributed by atoms with Crippen LogP contribution in [0.5, 0.6) is 0 Å². The first-order valence-corrected chi connectivity index (χ1v) is 17.4. The van der Waals surface area contributed by atoms with Crippen LogP contribution in [0.15, 0.2) is 207 Å². The van der Waals surface area contributed by atoms with E-state index in [1.807, 2.05) is 6.07 Å². The summed E-state index contributed by atoms with van der Waals surface area (Å²) in [5, 5.41) is 2.44. The summed E-state index contributed by atoms with van der Waals surface area (Å²) in [6.07, 6.45) is 6.49. The molecule has 0 amide bonds. The van der Waals surface area contributed by atoms with E-state index in [9.17, 15) is 0 Å². The van der Waals surface area contributed by atoms with E-state index in [4.69, 9.17) is 0 Å². The highest BCUT2D eigenvalue weighted by molar-refractivity contribution is 6.11. The molecular formula is C49H38N2. The Morgan fingerprint density at radius 3 is 1.59 bits per heavy atom. The lowest BCUT2D eigenvalue weighted by atomic mass is 10.0. The molecule has 0 saturated carbocycles. The van der Waals surface area contributed by atoms with Crippen LogP contribution in [0.4, 0.5) is 17.1 Å². The first-order chi connectivity index (χ1) is 25.2. The minimum Gasteiger partial charge on any atom is -0.310 e. The van der Waals surface area contributed by atoms with Crippen molar-refractivity contribution in [2.45, 2.75) is 6.92 Å². The molecule has 0 fully saturated rings. The number of nitrogens with zero attached hydrogens (tertiary/aromatic N) is 2. The highest BCUT2D eigenvalue weighted by Crippen LogP contribution is 2.40. The van der Waals surface area contributed by atoms with Crippen molar-refractivity contribution < 1.29 is 0 Å². The zero-order chi connectivity index (χ0) is 34.6. The number of anilines is 3. The third kappa shape index (κ3) is 6.32. The quantitative estimate of drug-likeness (QED) is 0.141. The summed E-state index contributed by atoms with van der Waals surface area (Å²) in [7, 11) is 0. The van der Waals surface area contributed by atoms with E-state index in [2.05, 4.69) is 217 Å². The van der Waals surface area contributed by atoms with Gasteiger partial charge >= 0.3 is 0 Å². The predicted molar refractivity (Wildman–Crippen MR) is 220 cm³/mol. The van der Waals surface area contributed by atoms with Gasteiger partial charge in [0.1, 0.15) is 0 Å². The van der Waals surface area contributed by atoms with Gasteiger partial charge in [-0.15, -0.1) is 0 Å². The van der Waals surface area contributed by atoms with Crippen LogP contribution in [0.3, 0.4) is 0 Å². The predicted octanol–water partition coefficient (Wildman–Crippen LogP) is 13.7. The van der Waals surface area contributed by atoms with Crippen molar-refractivity contribution in [2.24, 2.45) is 0 Å². The van der Waals surface area contributed by atoms with Crippen molar-refractivity contribution in [3.05, 3.63) is 212 Å². The third-order valence-corrected chi connectivity index (χ3v) is 9.53. The summed E-state index contributed by atoms with van der Waals surface area (Å²) < 4.78 is 2.37. The number of hydrogen-bond acceptors (Lipinski definition) is 1. The molecular weight excluding hydrogens is 617 g/mol. The van der Waals surface area contributed by atoms with E-state index in [1.54, 1.807) is 0 Å². The minimum absolute atomic E-state index is 0.963. The van der Waals surface area contributed by atoms with Gasteiger partial charge in [0, 0.05) is 33.5 Å². The Morgan fingerprint density at radius 1 is 0.471 bits per heavy atom. The van der Waals surface area contributed by atoms with Crippen molar-refractivity contribution in [1.29, 1.82) is 0 Å². The average Bonchev–Trinajstić information content (AvgIpc) is 3.53. The second-order valence-corrected chi connectivity index (χ2v) is 12.7. The Labute approximate surface area is 300 Å². The number of fused-ring (bicyclic) bond motifs is 3. The zero-order valence-corrected chi connectivity index (χ0v) is 28.7. The molecule has 0 N–H and O–H groups in total. The molecule has 51 heavy (non-hydrogen) atoms. The van der Waals surface area contributed by atoms with Crippen molar-refractivity contribution in [1.82, 2.24) is 4.57 Å². The smallest absolute Gasteiger partial charge is 0.0561 e. The number of para-hydroxylation sites is 2. The molecule has 8 rings (SSSR count). The lowest BCUT2D eigenvalue weighted by molar-refractivity contribution is 1.22. The maximum Gasteiger partial charge on any atom is 0.0561 e. The van der Waals surface area contributed by atoms with E-state index in [1.165, 1.54) is 38.5 Å². The molecule has 0 saturated heterocycles. The molecule has 0 aliphatic heterocycles. The van der Waals surface area contributed by atoms with Crippen molar-refractivity contribution in [3.63, 3.8) is 0 Å². The van der Waals surface area contributed by atoms with Gasteiger partial charge in [0.05, 0.1) is 11.0 Å². The molecule has 8 aromatic rings. The van der Waals surface area contributed by atoms with Crippen molar-refractivity contribution >= 4 is 50.1 Å². The Kier molecular flexibility index (Phi) is 8.72. The van der Waals surface area contributed by atoms with E-state index in [-0.39, 0.29) is 0 Å². The zero-order valence-electron chi connectivity index (χ0n) is 28.7. The normalized spacial score (nSPS) is 11.7. The van der Waals surface area contributed by atoms with Gasteiger partial charge in [0.2, 0.25) is 0 Å². The summed E-state index contributed by atoms with van der Waals surface area (Å²) in [5.74, 6) is 0. The second-order valence-electron chi connectivity index (χ2n) is 12.7. The lowest BCUT2D eigenvalue weighted by Crippen LogP contribution is -2.10. The largest absolute Gasteiger partial charge is 0.310 e. The van der Waals surface area contributed by atoms with Crippen LogP contribution in [-0.4, -0.2) is 4.57 Å². The number of hydrogen-bond donors (Lipinski definition) is 0. The number of allylic oxidation sites excluding steroid dienone is 5. The molecule has 0 radical (unpaired) electrons. The van der Waals surface area contributed by atoms with Crippen LogP contribution in [-0.2, 0) is 0 Å². The molecule has 7 aromatic carbocycles. The van der Waals surface area contributed by atoms with Gasteiger partial charge in [-0.3, -0.25) is 0 Å². The molecule has 0 atom stereocenters. The standard InChI is InChI=1S/C49H38N2/c1-3-42(30-23-36(2)37-24-26-40(27-25-37)38-15-7-4-8-16-38)51-48-22-14-13-21-46(48)47-34-33-45(35-49(47)51)50(43-19-11-6-12-20-43)44-31-28-41(29-32-44)39-17-9-5-10-18-39/h3-35H,2H2,1H3/b30-23-,42-3+. The van der Waals surface area contributed by atoms with Gasteiger partial charge in [0.25, 0.3) is 0 Å². The fourth-order valence-electron chi connectivity index (χ4n) is 6.92. The van der Waals surface area contributed by atoms with Crippen molar-refractivity contribution in [3.8, 4) is 22.3 Å². The SMILES string of the molecule is C=C(/C=C\C(=C/C)n1c2ccccc2c2ccc(N(c3ccccc3)c3ccc(-c4ccccc4)cc3)cc21)c1ccc(-c2ccccc2)cc1. The second kappa shape index (κ2) is 14.1. The van der Waals surface area contributed by atoms with E-state index in [0.717, 1.165) is 39.4 Å². The Bertz CT molecular complexity index is 2500. The highest BCUT2D eigenvalue weighted by atomic mass is 15.1. The van der Waals surface area contributed by atoms with E-state index in [0.29, 0.717) is 0 Å². The average molecular weight is 655 g/mol. The highest BCUT2D eigenvalue weighted by Gasteiger charge is 2.17. The van der Waals surface area contributed by atoms with Gasteiger partial charge in [0.15, 0.2) is 0 Å². The molecule has 0 bridgehead atoms. The Hall–Kier alpha value is -6.64. The van der Waals surface area contributed by atoms with E-state index >= 15 is 0 Å². The summed E-state index contributed by atoms with van der Waals surface area (Å²) in [6, 6.07) is 64.6. The molecule has 1 heterocycles.